The Morgan fingerprint density at radius 2 is 1.94 bits per heavy atom. The Hall–Kier alpha value is -1.90. The number of aromatic nitrogens is 1. The monoisotopic (exact) mass is 245 g/mol. The number of hydrogen-bond acceptors (Lipinski definition) is 2. The third kappa shape index (κ3) is 2.86. The summed E-state index contributed by atoms with van der Waals surface area (Å²) in [5, 5.41) is 0. The molecule has 0 aliphatic heterocycles. The average Bonchev–Trinajstić information content (AvgIpc) is 2.28. The van der Waals surface area contributed by atoms with Crippen LogP contribution in [0.25, 0.3) is 0 Å². The van der Waals surface area contributed by atoms with E-state index in [4.69, 9.17) is 4.74 Å². The summed E-state index contributed by atoms with van der Waals surface area (Å²) >= 11 is 0. The second-order valence-corrected chi connectivity index (χ2v) is 4.60. The van der Waals surface area contributed by atoms with E-state index in [1.807, 2.05) is 25.1 Å². The third-order valence-electron chi connectivity index (χ3n) is 2.70. The molecule has 94 valence electrons. The normalized spacial score (nSPS) is 10.7. The molecule has 0 saturated heterocycles. The Bertz CT molecular complexity index is 552. The van der Waals surface area contributed by atoms with Crippen molar-refractivity contribution >= 4 is 0 Å². The molecule has 0 saturated carbocycles. The van der Waals surface area contributed by atoms with Gasteiger partial charge in [0.25, 0.3) is 0 Å². The van der Waals surface area contributed by atoms with Crippen LogP contribution in [-0.4, -0.2) is 4.98 Å². The van der Waals surface area contributed by atoms with E-state index in [0.29, 0.717) is 5.92 Å². The van der Waals surface area contributed by atoms with Crippen molar-refractivity contribution in [2.45, 2.75) is 26.7 Å². The fourth-order valence-corrected chi connectivity index (χ4v) is 1.77. The van der Waals surface area contributed by atoms with E-state index in [-0.39, 0.29) is 5.88 Å². The Morgan fingerprint density at radius 1 is 1.17 bits per heavy atom. The summed E-state index contributed by atoms with van der Waals surface area (Å²) in [6, 6.07) is 10.6. The SMILES string of the molecule is Cc1ccc(C(C)C)c(Oc2cccc(F)n2)c1. The second kappa shape index (κ2) is 5.17. The van der Waals surface area contributed by atoms with Crippen LogP contribution in [0, 0.1) is 12.9 Å². The van der Waals surface area contributed by atoms with Gasteiger partial charge in [-0.3, -0.25) is 0 Å². The Labute approximate surface area is 106 Å². The van der Waals surface area contributed by atoms with Crippen molar-refractivity contribution in [3.05, 3.63) is 53.5 Å². The molecule has 18 heavy (non-hydrogen) atoms. The zero-order valence-electron chi connectivity index (χ0n) is 10.8. The van der Waals surface area contributed by atoms with Gasteiger partial charge in [0, 0.05) is 6.07 Å². The van der Waals surface area contributed by atoms with Gasteiger partial charge in [-0.05, 0) is 36.1 Å². The van der Waals surface area contributed by atoms with E-state index < -0.39 is 5.95 Å². The van der Waals surface area contributed by atoms with Crippen LogP contribution in [0.4, 0.5) is 4.39 Å². The van der Waals surface area contributed by atoms with Crippen LogP contribution in [0.1, 0.15) is 30.9 Å². The van der Waals surface area contributed by atoms with Crippen LogP contribution in [0.3, 0.4) is 0 Å². The number of rotatable bonds is 3. The topological polar surface area (TPSA) is 22.1 Å². The molecular formula is C15H16FNO. The maximum Gasteiger partial charge on any atom is 0.221 e. The first-order chi connectivity index (χ1) is 8.56. The lowest BCUT2D eigenvalue weighted by atomic mass is 10.0. The lowest BCUT2D eigenvalue weighted by Gasteiger charge is -2.13. The fourth-order valence-electron chi connectivity index (χ4n) is 1.77. The first-order valence-corrected chi connectivity index (χ1v) is 5.97. The van der Waals surface area contributed by atoms with Gasteiger partial charge in [-0.1, -0.05) is 32.0 Å². The summed E-state index contributed by atoms with van der Waals surface area (Å²) in [6.45, 7) is 6.18. The highest BCUT2D eigenvalue weighted by molar-refractivity contribution is 5.41. The smallest absolute Gasteiger partial charge is 0.221 e. The molecule has 0 aliphatic carbocycles. The van der Waals surface area contributed by atoms with Crippen molar-refractivity contribution in [3.63, 3.8) is 0 Å². The van der Waals surface area contributed by atoms with Gasteiger partial charge in [0.1, 0.15) is 5.75 Å². The summed E-state index contributed by atoms with van der Waals surface area (Å²) in [5.74, 6) is 0.825. The lowest BCUT2D eigenvalue weighted by molar-refractivity contribution is 0.438. The molecule has 1 aromatic heterocycles. The van der Waals surface area contributed by atoms with E-state index in [0.717, 1.165) is 16.9 Å². The van der Waals surface area contributed by atoms with Crippen molar-refractivity contribution in [2.24, 2.45) is 0 Å². The lowest BCUT2D eigenvalue weighted by Crippen LogP contribution is -1.96. The predicted octanol–water partition coefficient (Wildman–Crippen LogP) is 4.44. The van der Waals surface area contributed by atoms with Crippen molar-refractivity contribution in [2.75, 3.05) is 0 Å². The molecule has 0 bridgehead atoms. The standard InChI is InChI=1S/C15H16FNO/c1-10(2)12-8-7-11(3)9-13(12)18-15-6-4-5-14(16)17-15/h4-10H,1-3H3. The van der Waals surface area contributed by atoms with Crippen molar-refractivity contribution < 1.29 is 9.13 Å². The molecule has 0 spiro atoms. The molecule has 2 aromatic rings. The fraction of sp³-hybridized carbons (Fsp3) is 0.267. The van der Waals surface area contributed by atoms with Crippen molar-refractivity contribution in [1.29, 1.82) is 0 Å². The van der Waals surface area contributed by atoms with E-state index in [1.54, 1.807) is 12.1 Å². The van der Waals surface area contributed by atoms with Gasteiger partial charge in [-0.2, -0.15) is 9.37 Å². The van der Waals surface area contributed by atoms with Crippen LogP contribution in [-0.2, 0) is 0 Å². The quantitative estimate of drug-likeness (QED) is 0.745. The molecule has 0 fully saturated rings. The van der Waals surface area contributed by atoms with Gasteiger partial charge in [-0.15, -0.1) is 0 Å². The second-order valence-electron chi connectivity index (χ2n) is 4.60. The molecule has 1 aromatic carbocycles. The minimum atomic E-state index is -0.536. The van der Waals surface area contributed by atoms with E-state index in [1.165, 1.54) is 6.07 Å². The molecule has 0 N–H and O–H groups in total. The number of benzene rings is 1. The van der Waals surface area contributed by atoms with E-state index in [9.17, 15) is 4.39 Å². The summed E-state index contributed by atoms with van der Waals surface area (Å²) in [7, 11) is 0. The first-order valence-electron chi connectivity index (χ1n) is 5.97. The van der Waals surface area contributed by atoms with E-state index in [2.05, 4.69) is 18.8 Å². The Morgan fingerprint density at radius 3 is 2.61 bits per heavy atom. The number of aryl methyl sites for hydroxylation is 1. The molecule has 0 atom stereocenters. The minimum absolute atomic E-state index is 0.280. The van der Waals surface area contributed by atoms with Gasteiger partial charge >= 0.3 is 0 Å². The summed E-state index contributed by atoms with van der Waals surface area (Å²) < 4.78 is 18.7. The molecule has 2 rings (SSSR count). The average molecular weight is 245 g/mol. The van der Waals surface area contributed by atoms with Crippen LogP contribution in [0.5, 0.6) is 11.6 Å². The molecule has 0 radical (unpaired) electrons. The van der Waals surface area contributed by atoms with Gasteiger partial charge in [0.15, 0.2) is 0 Å². The maximum atomic E-state index is 13.0. The van der Waals surface area contributed by atoms with Gasteiger partial charge in [-0.25, -0.2) is 0 Å². The summed E-state index contributed by atoms with van der Waals surface area (Å²) in [5.41, 5.74) is 2.19. The first kappa shape index (κ1) is 12.6. The number of ether oxygens (including phenoxy) is 1. The third-order valence-corrected chi connectivity index (χ3v) is 2.70. The molecule has 0 unspecified atom stereocenters. The maximum absolute atomic E-state index is 13.0. The van der Waals surface area contributed by atoms with Crippen LogP contribution in [0.2, 0.25) is 0 Å². The molecule has 1 heterocycles. The summed E-state index contributed by atoms with van der Waals surface area (Å²) in [4.78, 5) is 3.71. The Kier molecular flexibility index (Phi) is 3.60. The predicted molar refractivity (Wildman–Crippen MR) is 69.5 cm³/mol. The van der Waals surface area contributed by atoms with Gasteiger partial charge in [0.2, 0.25) is 11.8 Å². The molecule has 3 heteroatoms. The number of pyridine rings is 1. The van der Waals surface area contributed by atoms with Crippen molar-refractivity contribution in [1.82, 2.24) is 4.98 Å². The number of hydrogen-bond donors (Lipinski definition) is 0. The van der Waals surface area contributed by atoms with Gasteiger partial charge in [0.05, 0.1) is 0 Å². The highest BCUT2D eigenvalue weighted by Gasteiger charge is 2.09. The Balaban J connectivity index is 2.36. The van der Waals surface area contributed by atoms with Crippen molar-refractivity contribution in [3.8, 4) is 11.6 Å². The highest BCUT2D eigenvalue weighted by atomic mass is 19.1. The largest absolute Gasteiger partial charge is 0.439 e. The molecular weight excluding hydrogens is 229 g/mol. The van der Waals surface area contributed by atoms with E-state index >= 15 is 0 Å². The van der Waals surface area contributed by atoms with Crippen LogP contribution in [0.15, 0.2) is 36.4 Å². The highest BCUT2D eigenvalue weighted by Crippen LogP contribution is 2.30. The minimum Gasteiger partial charge on any atom is -0.439 e. The molecule has 0 amide bonds. The molecule has 2 nitrogen and oxygen atoms in total. The number of halogens is 1. The summed E-state index contributed by atoms with van der Waals surface area (Å²) in [6.07, 6.45) is 0. The molecule has 0 aliphatic rings. The number of nitrogens with zero attached hydrogens (tertiary/aromatic N) is 1. The zero-order chi connectivity index (χ0) is 13.1. The van der Waals surface area contributed by atoms with Gasteiger partial charge < -0.3 is 4.74 Å². The van der Waals surface area contributed by atoms with Crippen LogP contribution < -0.4 is 4.74 Å². The van der Waals surface area contributed by atoms with Crippen LogP contribution >= 0.6 is 0 Å². The zero-order valence-corrected chi connectivity index (χ0v) is 10.8.